The lowest BCUT2D eigenvalue weighted by atomic mass is 9.69. The Morgan fingerprint density at radius 1 is 1.14 bits per heavy atom. The highest BCUT2D eigenvalue weighted by Crippen LogP contribution is 2.41. The number of non-ortho nitro benzene ring substituents is 1. The van der Waals surface area contributed by atoms with E-state index in [1.165, 1.54) is 44.2 Å². The van der Waals surface area contributed by atoms with Gasteiger partial charge in [-0.2, -0.15) is 0 Å². The van der Waals surface area contributed by atoms with Crippen molar-refractivity contribution >= 4 is 11.4 Å². The molecule has 1 aromatic rings. The zero-order valence-corrected chi connectivity index (χ0v) is 12.1. The predicted molar refractivity (Wildman–Crippen MR) is 79.8 cm³/mol. The van der Waals surface area contributed by atoms with Gasteiger partial charge in [-0.25, -0.2) is 4.39 Å². The highest BCUT2D eigenvalue weighted by molar-refractivity contribution is 5.50. The highest BCUT2D eigenvalue weighted by atomic mass is 19.1. The van der Waals surface area contributed by atoms with E-state index in [1.54, 1.807) is 0 Å². The van der Waals surface area contributed by atoms with Crippen LogP contribution in [0.1, 0.15) is 44.9 Å². The van der Waals surface area contributed by atoms with Crippen LogP contribution in [0.3, 0.4) is 0 Å². The van der Waals surface area contributed by atoms with Crippen molar-refractivity contribution in [1.82, 2.24) is 0 Å². The molecule has 0 heterocycles. The highest BCUT2D eigenvalue weighted by Gasteiger charge is 2.32. The molecule has 1 N–H and O–H groups in total. The van der Waals surface area contributed by atoms with Crippen molar-refractivity contribution in [2.75, 3.05) is 5.32 Å². The van der Waals surface area contributed by atoms with E-state index in [1.807, 2.05) is 0 Å². The van der Waals surface area contributed by atoms with Crippen molar-refractivity contribution in [2.45, 2.75) is 51.0 Å². The van der Waals surface area contributed by atoms with Gasteiger partial charge in [0.25, 0.3) is 5.69 Å². The van der Waals surface area contributed by atoms with E-state index in [0.29, 0.717) is 11.7 Å². The van der Waals surface area contributed by atoms with Crippen molar-refractivity contribution in [3.8, 4) is 0 Å². The summed E-state index contributed by atoms with van der Waals surface area (Å²) in [6.07, 6.45) is 8.71. The second kappa shape index (κ2) is 6.00. The van der Waals surface area contributed by atoms with E-state index in [-0.39, 0.29) is 5.69 Å². The van der Waals surface area contributed by atoms with Crippen molar-refractivity contribution in [3.05, 3.63) is 34.1 Å². The standard InChI is InChI=1S/C16H21FN2O2/c17-15-10-14(19(20)21)7-8-16(15)18-13-6-5-11-3-1-2-4-12(11)9-13/h7-8,10-13,18H,1-6,9H2. The normalized spacial score (nSPS) is 28.7. The molecule has 2 aliphatic rings. The fraction of sp³-hybridized carbons (Fsp3) is 0.625. The molecule has 3 unspecified atom stereocenters. The summed E-state index contributed by atoms with van der Waals surface area (Å²) >= 11 is 0. The second-order valence-corrected chi connectivity index (χ2v) is 6.38. The smallest absolute Gasteiger partial charge is 0.272 e. The van der Waals surface area contributed by atoms with Crippen molar-refractivity contribution in [1.29, 1.82) is 0 Å². The predicted octanol–water partition coefficient (Wildman–Crippen LogP) is 4.50. The minimum atomic E-state index is -0.569. The van der Waals surface area contributed by atoms with Crippen LogP contribution in [0.5, 0.6) is 0 Å². The summed E-state index contributed by atoms with van der Waals surface area (Å²) in [5.74, 6) is 1.10. The van der Waals surface area contributed by atoms with Crippen LogP contribution in [-0.2, 0) is 0 Å². The van der Waals surface area contributed by atoms with Gasteiger partial charge in [0.2, 0.25) is 0 Å². The van der Waals surface area contributed by atoms with Crippen molar-refractivity contribution < 1.29 is 9.31 Å². The van der Waals surface area contributed by atoms with Crippen LogP contribution in [0.25, 0.3) is 0 Å². The van der Waals surface area contributed by atoms with E-state index >= 15 is 0 Å². The quantitative estimate of drug-likeness (QED) is 0.659. The summed E-state index contributed by atoms with van der Waals surface area (Å²) in [7, 11) is 0. The Morgan fingerprint density at radius 3 is 2.62 bits per heavy atom. The molecule has 5 heteroatoms. The average Bonchev–Trinajstić information content (AvgIpc) is 2.49. The zero-order valence-electron chi connectivity index (χ0n) is 12.1. The Morgan fingerprint density at radius 2 is 1.90 bits per heavy atom. The molecule has 114 valence electrons. The number of nitrogens with one attached hydrogen (secondary N) is 1. The minimum absolute atomic E-state index is 0.200. The first-order valence-corrected chi connectivity index (χ1v) is 7.84. The number of halogens is 1. The van der Waals surface area contributed by atoms with Gasteiger partial charge >= 0.3 is 0 Å². The molecule has 0 aromatic heterocycles. The lowest BCUT2D eigenvalue weighted by Gasteiger charge is -2.39. The summed E-state index contributed by atoms with van der Waals surface area (Å²) in [6, 6.07) is 4.13. The van der Waals surface area contributed by atoms with E-state index in [9.17, 15) is 14.5 Å². The van der Waals surface area contributed by atoms with Gasteiger partial charge in [-0.3, -0.25) is 10.1 Å². The number of nitro benzene ring substituents is 1. The van der Waals surface area contributed by atoms with Gasteiger partial charge in [0, 0.05) is 12.1 Å². The van der Waals surface area contributed by atoms with E-state index in [2.05, 4.69) is 5.32 Å². The third-order valence-electron chi connectivity index (χ3n) is 5.06. The molecule has 21 heavy (non-hydrogen) atoms. The van der Waals surface area contributed by atoms with Gasteiger partial charge in [-0.05, 0) is 37.2 Å². The fourth-order valence-corrected chi connectivity index (χ4v) is 3.96. The van der Waals surface area contributed by atoms with Crippen LogP contribution in [0.4, 0.5) is 15.8 Å². The van der Waals surface area contributed by atoms with Gasteiger partial charge in [0.05, 0.1) is 16.7 Å². The number of rotatable bonds is 3. The van der Waals surface area contributed by atoms with E-state index < -0.39 is 10.7 Å². The minimum Gasteiger partial charge on any atom is -0.380 e. The molecule has 0 aliphatic heterocycles. The summed E-state index contributed by atoms with van der Waals surface area (Å²) in [4.78, 5) is 10.1. The molecule has 3 atom stereocenters. The monoisotopic (exact) mass is 292 g/mol. The van der Waals surface area contributed by atoms with Gasteiger partial charge in [0.15, 0.2) is 5.82 Å². The SMILES string of the molecule is O=[N+]([O-])c1ccc(NC2CCC3CCCCC3C2)c(F)c1. The summed E-state index contributed by atoms with van der Waals surface area (Å²) < 4.78 is 13.9. The van der Waals surface area contributed by atoms with Crippen LogP contribution < -0.4 is 5.32 Å². The van der Waals surface area contributed by atoms with E-state index in [4.69, 9.17) is 0 Å². The molecule has 2 aliphatic carbocycles. The number of nitrogens with zero attached hydrogens (tertiary/aromatic N) is 1. The molecule has 4 nitrogen and oxygen atoms in total. The van der Waals surface area contributed by atoms with Crippen LogP contribution in [0, 0.1) is 27.8 Å². The second-order valence-electron chi connectivity index (χ2n) is 6.38. The third kappa shape index (κ3) is 3.17. The van der Waals surface area contributed by atoms with Gasteiger partial charge in [0.1, 0.15) is 0 Å². The van der Waals surface area contributed by atoms with E-state index in [0.717, 1.165) is 30.7 Å². The first-order valence-electron chi connectivity index (χ1n) is 7.84. The number of fused-ring (bicyclic) bond motifs is 1. The number of benzene rings is 1. The Kier molecular flexibility index (Phi) is 4.08. The molecular formula is C16H21FN2O2. The molecule has 0 amide bonds. The Balaban J connectivity index is 1.65. The van der Waals surface area contributed by atoms with Gasteiger partial charge in [-0.1, -0.05) is 25.7 Å². The van der Waals surface area contributed by atoms with Crippen molar-refractivity contribution in [2.24, 2.45) is 11.8 Å². The summed E-state index contributed by atoms with van der Waals surface area (Å²) in [6.45, 7) is 0. The maximum absolute atomic E-state index is 13.9. The van der Waals surface area contributed by atoms with Crippen LogP contribution >= 0.6 is 0 Å². The molecule has 0 saturated heterocycles. The Bertz CT molecular complexity index is 535. The molecule has 3 rings (SSSR count). The molecule has 2 saturated carbocycles. The molecule has 2 fully saturated rings. The number of anilines is 1. The van der Waals surface area contributed by atoms with Crippen LogP contribution in [-0.4, -0.2) is 11.0 Å². The van der Waals surface area contributed by atoms with Crippen LogP contribution in [0.2, 0.25) is 0 Å². The molecule has 0 radical (unpaired) electrons. The lowest BCUT2D eigenvalue weighted by Crippen LogP contribution is -2.34. The Hall–Kier alpha value is -1.65. The van der Waals surface area contributed by atoms with Crippen molar-refractivity contribution in [3.63, 3.8) is 0 Å². The maximum Gasteiger partial charge on any atom is 0.272 e. The molecule has 1 aromatic carbocycles. The van der Waals surface area contributed by atoms with Gasteiger partial charge in [-0.15, -0.1) is 0 Å². The summed E-state index contributed by atoms with van der Waals surface area (Å²) in [5.41, 5.74) is 0.189. The largest absolute Gasteiger partial charge is 0.380 e. The fourth-order valence-electron chi connectivity index (χ4n) is 3.96. The van der Waals surface area contributed by atoms with Crippen LogP contribution in [0.15, 0.2) is 18.2 Å². The number of nitro groups is 1. The summed E-state index contributed by atoms with van der Waals surface area (Å²) in [5, 5.41) is 13.9. The third-order valence-corrected chi connectivity index (χ3v) is 5.06. The first kappa shape index (κ1) is 14.3. The zero-order chi connectivity index (χ0) is 14.8. The lowest BCUT2D eigenvalue weighted by molar-refractivity contribution is -0.385. The maximum atomic E-state index is 13.9. The Labute approximate surface area is 123 Å². The molecular weight excluding hydrogens is 271 g/mol. The average molecular weight is 292 g/mol. The van der Waals surface area contributed by atoms with Gasteiger partial charge < -0.3 is 5.32 Å². The first-order chi connectivity index (χ1) is 10.1. The molecule has 0 spiro atoms. The number of hydrogen-bond donors (Lipinski definition) is 1. The number of hydrogen-bond acceptors (Lipinski definition) is 3. The topological polar surface area (TPSA) is 55.2 Å². The molecule has 0 bridgehead atoms.